The second-order valence-corrected chi connectivity index (χ2v) is 9.71. The first-order valence-electron chi connectivity index (χ1n) is 10.4. The topological polar surface area (TPSA) is 126 Å². The molecule has 7 nitrogen and oxygen atoms in total. The van der Waals surface area contributed by atoms with Gasteiger partial charge in [0.15, 0.2) is 0 Å². The molecule has 0 saturated heterocycles. The summed E-state index contributed by atoms with van der Waals surface area (Å²) < 4.78 is 30.3. The second kappa shape index (κ2) is 10.1. The van der Waals surface area contributed by atoms with Gasteiger partial charge in [-0.2, -0.15) is 0 Å². The summed E-state index contributed by atoms with van der Waals surface area (Å²) in [6.45, 7) is 1.78. The van der Waals surface area contributed by atoms with E-state index in [2.05, 4.69) is 5.32 Å². The number of hydrogen-bond acceptors (Lipinski definition) is 5. The Balaban J connectivity index is 0.00000324. The number of fused-ring (bicyclic) bond motifs is 1. The van der Waals surface area contributed by atoms with Crippen molar-refractivity contribution in [1.29, 1.82) is 5.41 Å². The molecule has 0 saturated carbocycles. The van der Waals surface area contributed by atoms with Crippen molar-refractivity contribution in [3.63, 3.8) is 0 Å². The summed E-state index contributed by atoms with van der Waals surface area (Å²) in [6.07, 6.45) is 1.84. The highest BCUT2D eigenvalue weighted by Crippen LogP contribution is 2.34. The zero-order valence-electron chi connectivity index (χ0n) is 18.4. The van der Waals surface area contributed by atoms with Crippen molar-refractivity contribution in [2.45, 2.75) is 18.4 Å². The van der Waals surface area contributed by atoms with Crippen molar-refractivity contribution in [2.75, 3.05) is 11.1 Å². The Kier molecular flexibility index (Phi) is 7.44. The van der Waals surface area contributed by atoms with E-state index in [1.165, 1.54) is 12.3 Å². The van der Waals surface area contributed by atoms with Crippen molar-refractivity contribution >= 4 is 50.4 Å². The lowest BCUT2D eigenvalue weighted by atomic mass is 9.95. The number of furan rings is 1. The molecule has 176 valence electrons. The van der Waals surface area contributed by atoms with Crippen LogP contribution in [0.15, 0.2) is 82.5 Å². The van der Waals surface area contributed by atoms with E-state index in [0.717, 1.165) is 10.8 Å². The molecule has 1 aromatic heterocycles. The number of nitrogen functional groups attached to an aromatic ring is 1. The Morgan fingerprint density at radius 3 is 2.44 bits per heavy atom. The lowest BCUT2D eigenvalue weighted by molar-refractivity contribution is 0.102. The van der Waals surface area contributed by atoms with Gasteiger partial charge in [0, 0.05) is 28.4 Å². The standard InChI is InChI=1S/C25H23N3O4S.ClH/c1-2-10-33(30,31)23-14-19(15-32-23)22-13-18(25(29)28-20-6-4-3-5-7-20)11-16-8-9-17(24(26)27)12-21(16)22;/h3-9,11-15H,2,10H2,1H3,(H3,26,27)(H,28,29);1H. The number of amidine groups is 1. The first-order valence-corrected chi connectivity index (χ1v) is 12.0. The lowest BCUT2D eigenvalue weighted by Crippen LogP contribution is -2.12. The molecular formula is C25H24ClN3O4S. The van der Waals surface area contributed by atoms with Crippen LogP contribution in [0.5, 0.6) is 0 Å². The normalized spacial score (nSPS) is 11.1. The van der Waals surface area contributed by atoms with Crippen LogP contribution < -0.4 is 11.1 Å². The molecule has 0 aliphatic heterocycles. The van der Waals surface area contributed by atoms with Gasteiger partial charge in [0.05, 0.1) is 5.75 Å². The predicted molar refractivity (Wildman–Crippen MR) is 137 cm³/mol. The maximum absolute atomic E-state index is 13.0. The van der Waals surface area contributed by atoms with Gasteiger partial charge >= 0.3 is 0 Å². The molecule has 3 aromatic carbocycles. The van der Waals surface area contributed by atoms with Crippen LogP contribution in [0.2, 0.25) is 0 Å². The molecule has 0 radical (unpaired) electrons. The average Bonchev–Trinajstić information content (AvgIpc) is 3.30. The number of nitrogens with one attached hydrogen (secondary N) is 2. The van der Waals surface area contributed by atoms with E-state index in [-0.39, 0.29) is 35.0 Å². The molecule has 0 fully saturated rings. The van der Waals surface area contributed by atoms with Crippen LogP contribution in [-0.4, -0.2) is 25.9 Å². The molecule has 4 rings (SSSR count). The van der Waals surface area contributed by atoms with E-state index in [9.17, 15) is 13.2 Å². The van der Waals surface area contributed by atoms with Gasteiger partial charge < -0.3 is 15.5 Å². The van der Waals surface area contributed by atoms with Crippen LogP contribution in [0.1, 0.15) is 29.3 Å². The van der Waals surface area contributed by atoms with E-state index in [1.54, 1.807) is 49.4 Å². The fraction of sp³-hybridized carbons (Fsp3) is 0.120. The van der Waals surface area contributed by atoms with Gasteiger partial charge in [-0.15, -0.1) is 12.4 Å². The summed E-state index contributed by atoms with van der Waals surface area (Å²) in [5.74, 6) is -0.413. The third kappa shape index (κ3) is 5.13. The Morgan fingerprint density at radius 1 is 1.03 bits per heavy atom. The van der Waals surface area contributed by atoms with E-state index in [4.69, 9.17) is 15.6 Å². The fourth-order valence-electron chi connectivity index (χ4n) is 3.61. The molecule has 34 heavy (non-hydrogen) atoms. The number of amides is 1. The zero-order chi connectivity index (χ0) is 23.6. The minimum absolute atomic E-state index is 0. The van der Waals surface area contributed by atoms with Gasteiger partial charge in [0.2, 0.25) is 14.9 Å². The van der Waals surface area contributed by atoms with Crippen molar-refractivity contribution in [3.05, 3.63) is 84.1 Å². The number of sulfone groups is 1. The van der Waals surface area contributed by atoms with Crippen LogP contribution in [0.3, 0.4) is 0 Å². The van der Waals surface area contributed by atoms with Crippen molar-refractivity contribution < 1.29 is 17.6 Å². The molecule has 0 atom stereocenters. The van der Waals surface area contributed by atoms with Gasteiger partial charge in [-0.3, -0.25) is 10.2 Å². The van der Waals surface area contributed by atoms with E-state index < -0.39 is 9.84 Å². The van der Waals surface area contributed by atoms with Crippen LogP contribution in [-0.2, 0) is 9.84 Å². The first-order chi connectivity index (χ1) is 15.8. The smallest absolute Gasteiger partial charge is 0.255 e. The Morgan fingerprint density at radius 2 is 1.76 bits per heavy atom. The lowest BCUT2D eigenvalue weighted by Gasteiger charge is -2.11. The summed E-state index contributed by atoms with van der Waals surface area (Å²) in [5.41, 5.74) is 8.38. The largest absolute Gasteiger partial charge is 0.452 e. The van der Waals surface area contributed by atoms with Crippen LogP contribution in [0, 0.1) is 5.41 Å². The fourth-order valence-corrected chi connectivity index (χ4v) is 4.85. The summed E-state index contributed by atoms with van der Waals surface area (Å²) in [7, 11) is -3.54. The highest BCUT2D eigenvalue weighted by Gasteiger charge is 2.20. The maximum Gasteiger partial charge on any atom is 0.255 e. The number of anilines is 1. The number of para-hydroxylation sites is 1. The number of nitrogens with two attached hydrogens (primary N) is 1. The quantitative estimate of drug-likeness (QED) is 0.237. The SMILES string of the molecule is CCCS(=O)(=O)c1cc(-c2cc(C(=O)Nc3ccccc3)cc3ccc(C(=N)N)cc23)co1.Cl. The number of benzene rings is 3. The molecule has 0 spiro atoms. The van der Waals surface area contributed by atoms with E-state index in [1.807, 2.05) is 18.2 Å². The van der Waals surface area contributed by atoms with Crippen LogP contribution in [0.4, 0.5) is 5.69 Å². The average molecular weight is 498 g/mol. The van der Waals surface area contributed by atoms with Gasteiger partial charge in [-0.1, -0.05) is 37.3 Å². The molecule has 4 N–H and O–H groups in total. The minimum Gasteiger partial charge on any atom is -0.452 e. The third-order valence-corrected chi connectivity index (χ3v) is 7.00. The zero-order valence-corrected chi connectivity index (χ0v) is 20.0. The third-order valence-electron chi connectivity index (χ3n) is 5.22. The number of carbonyl (C=O) groups excluding carboxylic acids is 1. The highest BCUT2D eigenvalue weighted by atomic mass is 35.5. The first kappa shape index (κ1) is 25.0. The van der Waals surface area contributed by atoms with Crippen LogP contribution in [0.25, 0.3) is 21.9 Å². The van der Waals surface area contributed by atoms with Crippen molar-refractivity contribution in [3.8, 4) is 11.1 Å². The number of hydrogen-bond donors (Lipinski definition) is 3. The molecule has 0 unspecified atom stereocenters. The van der Waals surface area contributed by atoms with Crippen molar-refractivity contribution in [1.82, 2.24) is 0 Å². The Hall–Kier alpha value is -3.62. The summed E-state index contributed by atoms with van der Waals surface area (Å²) >= 11 is 0. The Bertz CT molecular complexity index is 1460. The van der Waals surface area contributed by atoms with Crippen LogP contribution >= 0.6 is 12.4 Å². The molecule has 1 amide bonds. The number of carbonyl (C=O) groups is 1. The molecule has 1 heterocycles. The predicted octanol–water partition coefficient (Wildman–Crippen LogP) is 5.24. The highest BCUT2D eigenvalue weighted by molar-refractivity contribution is 7.91. The molecule has 0 aliphatic carbocycles. The molecule has 9 heteroatoms. The molecule has 4 aromatic rings. The summed E-state index contributed by atoms with van der Waals surface area (Å²) in [6, 6.07) is 19.2. The van der Waals surface area contributed by atoms with Gasteiger partial charge in [0.1, 0.15) is 12.1 Å². The van der Waals surface area contributed by atoms with Gasteiger partial charge in [-0.05, 0) is 53.1 Å². The molecule has 0 bridgehead atoms. The van der Waals surface area contributed by atoms with E-state index >= 15 is 0 Å². The molecule has 0 aliphatic rings. The van der Waals surface area contributed by atoms with E-state index in [0.29, 0.717) is 34.4 Å². The summed E-state index contributed by atoms with van der Waals surface area (Å²) in [5, 5.41) is 12.0. The van der Waals surface area contributed by atoms with Crippen molar-refractivity contribution in [2.24, 2.45) is 5.73 Å². The minimum atomic E-state index is -3.54. The summed E-state index contributed by atoms with van der Waals surface area (Å²) in [4.78, 5) is 13.0. The molecular weight excluding hydrogens is 474 g/mol. The Labute approximate surface area is 203 Å². The van der Waals surface area contributed by atoms with Gasteiger partial charge in [-0.25, -0.2) is 8.42 Å². The number of halogens is 1. The maximum atomic E-state index is 13.0. The second-order valence-electron chi connectivity index (χ2n) is 7.67. The number of rotatable bonds is 7. The monoisotopic (exact) mass is 497 g/mol. The van der Waals surface area contributed by atoms with Gasteiger partial charge in [0.25, 0.3) is 5.91 Å².